The number of hydrogen-bond acceptors (Lipinski definition) is 5. The van der Waals surface area contributed by atoms with Crippen molar-refractivity contribution in [2.75, 3.05) is 19.0 Å². The van der Waals surface area contributed by atoms with E-state index in [0.29, 0.717) is 23.8 Å². The summed E-state index contributed by atoms with van der Waals surface area (Å²) in [6, 6.07) is 0. The normalized spacial score (nSPS) is 11.6. The monoisotopic (exact) mass is 279 g/mol. The molecule has 1 heterocycles. The number of rotatable bonds is 4. The smallest absolute Gasteiger partial charge is 0.274 e. The van der Waals surface area contributed by atoms with Crippen molar-refractivity contribution in [3.8, 4) is 0 Å². The molecule has 0 unspecified atom stereocenters. The fourth-order valence-electron chi connectivity index (χ4n) is 1.91. The molecule has 0 radical (unpaired) electrons. The standard InChI is InChI=1S/C14H25N5O/c1-9(2)12-16-7-10(18-15)11(17-12)13(20)19(6)8-14(3,4)5/h7,9,18H,8,15H2,1-6H3. The second-order valence-electron chi connectivity index (χ2n) is 6.51. The topological polar surface area (TPSA) is 84.1 Å². The van der Waals surface area contributed by atoms with Crippen LogP contribution in [-0.2, 0) is 0 Å². The number of aromatic nitrogens is 2. The largest absolute Gasteiger partial charge is 0.340 e. The molecule has 112 valence electrons. The first-order chi connectivity index (χ1) is 9.15. The maximum absolute atomic E-state index is 12.5. The summed E-state index contributed by atoms with van der Waals surface area (Å²) < 4.78 is 0. The number of nitrogens with zero attached hydrogens (tertiary/aromatic N) is 3. The van der Waals surface area contributed by atoms with Gasteiger partial charge in [0, 0.05) is 19.5 Å². The molecule has 0 saturated heterocycles. The van der Waals surface area contributed by atoms with E-state index in [9.17, 15) is 4.79 Å². The number of amides is 1. The van der Waals surface area contributed by atoms with E-state index in [1.807, 2.05) is 13.8 Å². The Bertz CT molecular complexity index is 479. The highest BCUT2D eigenvalue weighted by molar-refractivity contribution is 5.97. The van der Waals surface area contributed by atoms with Gasteiger partial charge in [0.2, 0.25) is 0 Å². The molecule has 0 aromatic carbocycles. The first-order valence-electron chi connectivity index (χ1n) is 6.74. The van der Waals surface area contributed by atoms with Gasteiger partial charge in [0.1, 0.15) is 5.82 Å². The highest BCUT2D eigenvalue weighted by atomic mass is 16.2. The summed E-state index contributed by atoms with van der Waals surface area (Å²) in [6.07, 6.45) is 1.56. The van der Waals surface area contributed by atoms with Crippen LogP contribution in [0.1, 0.15) is 56.8 Å². The van der Waals surface area contributed by atoms with Gasteiger partial charge in [-0.2, -0.15) is 0 Å². The van der Waals surface area contributed by atoms with Crippen LogP contribution in [0, 0.1) is 5.41 Å². The number of carbonyl (C=O) groups excluding carboxylic acids is 1. The molecule has 1 rings (SSSR count). The lowest BCUT2D eigenvalue weighted by molar-refractivity contribution is 0.0740. The Balaban J connectivity index is 3.10. The highest BCUT2D eigenvalue weighted by Crippen LogP contribution is 2.19. The van der Waals surface area contributed by atoms with Crippen LogP contribution in [-0.4, -0.2) is 34.4 Å². The van der Waals surface area contributed by atoms with Crippen LogP contribution >= 0.6 is 0 Å². The van der Waals surface area contributed by atoms with Crippen molar-refractivity contribution in [1.29, 1.82) is 0 Å². The number of nitrogens with one attached hydrogen (secondary N) is 1. The fraction of sp³-hybridized carbons (Fsp3) is 0.643. The Morgan fingerprint density at radius 2 is 2.05 bits per heavy atom. The maximum atomic E-state index is 12.5. The van der Waals surface area contributed by atoms with Gasteiger partial charge in [0.15, 0.2) is 5.69 Å². The van der Waals surface area contributed by atoms with Gasteiger partial charge in [-0.15, -0.1) is 0 Å². The van der Waals surface area contributed by atoms with E-state index in [-0.39, 0.29) is 17.2 Å². The van der Waals surface area contributed by atoms with E-state index < -0.39 is 0 Å². The number of nitrogen functional groups attached to an aromatic ring is 1. The summed E-state index contributed by atoms with van der Waals surface area (Å²) in [5.74, 6) is 6.08. The summed E-state index contributed by atoms with van der Waals surface area (Å²) in [6.45, 7) is 10.8. The number of anilines is 1. The van der Waals surface area contributed by atoms with Crippen molar-refractivity contribution < 1.29 is 4.79 Å². The van der Waals surface area contributed by atoms with Crippen LogP contribution < -0.4 is 11.3 Å². The van der Waals surface area contributed by atoms with Gasteiger partial charge in [0.05, 0.1) is 11.9 Å². The third kappa shape index (κ3) is 4.16. The lowest BCUT2D eigenvalue weighted by atomic mass is 9.96. The molecular weight excluding hydrogens is 254 g/mol. The third-order valence-corrected chi connectivity index (χ3v) is 2.74. The molecule has 1 amide bonds. The number of carbonyl (C=O) groups is 1. The molecule has 3 N–H and O–H groups in total. The lowest BCUT2D eigenvalue weighted by Crippen LogP contribution is -2.35. The molecule has 0 bridgehead atoms. The van der Waals surface area contributed by atoms with Gasteiger partial charge in [-0.05, 0) is 5.41 Å². The van der Waals surface area contributed by atoms with Crippen molar-refractivity contribution in [3.63, 3.8) is 0 Å². The van der Waals surface area contributed by atoms with Gasteiger partial charge >= 0.3 is 0 Å². The van der Waals surface area contributed by atoms with E-state index >= 15 is 0 Å². The van der Waals surface area contributed by atoms with Gasteiger partial charge < -0.3 is 10.3 Å². The molecule has 0 spiro atoms. The van der Waals surface area contributed by atoms with Crippen LogP contribution in [0.25, 0.3) is 0 Å². The Labute approximate surface area is 120 Å². The van der Waals surface area contributed by atoms with Crippen LogP contribution in [0.15, 0.2) is 6.20 Å². The van der Waals surface area contributed by atoms with Crippen LogP contribution in [0.4, 0.5) is 5.69 Å². The fourth-order valence-corrected chi connectivity index (χ4v) is 1.91. The van der Waals surface area contributed by atoms with Crippen LogP contribution in [0.3, 0.4) is 0 Å². The third-order valence-electron chi connectivity index (χ3n) is 2.74. The Hall–Kier alpha value is -1.69. The van der Waals surface area contributed by atoms with Crippen molar-refractivity contribution in [3.05, 3.63) is 17.7 Å². The predicted octanol–water partition coefficient (Wildman–Crippen LogP) is 2.00. The Morgan fingerprint density at radius 1 is 1.45 bits per heavy atom. The van der Waals surface area contributed by atoms with Gasteiger partial charge in [-0.3, -0.25) is 10.6 Å². The molecule has 20 heavy (non-hydrogen) atoms. The van der Waals surface area contributed by atoms with E-state index in [2.05, 4.69) is 36.2 Å². The molecule has 0 atom stereocenters. The molecular formula is C14H25N5O. The molecule has 1 aromatic rings. The second-order valence-corrected chi connectivity index (χ2v) is 6.51. The minimum absolute atomic E-state index is 0.0224. The van der Waals surface area contributed by atoms with E-state index in [1.54, 1.807) is 18.1 Å². The first kappa shape index (κ1) is 16.4. The summed E-state index contributed by atoms with van der Waals surface area (Å²) in [7, 11) is 1.77. The minimum Gasteiger partial charge on any atom is -0.340 e. The molecule has 6 heteroatoms. The number of nitrogens with two attached hydrogens (primary N) is 1. The zero-order valence-electron chi connectivity index (χ0n) is 13.2. The van der Waals surface area contributed by atoms with E-state index in [0.717, 1.165) is 0 Å². The van der Waals surface area contributed by atoms with E-state index in [1.165, 1.54) is 0 Å². The SMILES string of the molecule is CC(C)c1ncc(NN)c(C(=O)N(C)CC(C)(C)C)n1. The average molecular weight is 279 g/mol. The Kier molecular flexibility index (Phi) is 5.05. The summed E-state index contributed by atoms with van der Waals surface area (Å²) in [5.41, 5.74) is 3.27. The van der Waals surface area contributed by atoms with Gasteiger partial charge in [-0.1, -0.05) is 34.6 Å². The molecule has 0 aliphatic rings. The first-order valence-corrected chi connectivity index (χ1v) is 6.74. The lowest BCUT2D eigenvalue weighted by Gasteiger charge is -2.27. The summed E-state index contributed by atoms with van der Waals surface area (Å²) >= 11 is 0. The minimum atomic E-state index is -0.155. The molecule has 0 aliphatic heterocycles. The zero-order chi connectivity index (χ0) is 15.5. The summed E-state index contributed by atoms with van der Waals surface area (Å²) in [5, 5.41) is 0. The van der Waals surface area contributed by atoms with Crippen molar-refractivity contribution in [2.45, 2.75) is 40.5 Å². The highest BCUT2D eigenvalue weighted by Gasteiger charge is 2.23. The van der Waals surface area contributed by atoms with Gasteiger partial charge in [-0.25, -0.2) is 9.97 Å². The molecule has 0 fully saturated rings. The molecule has 0 saturated carbocycles. The quantitative estimate of drug-likeness (QED) is 0.650. The molecule has 1 aromatic heterocycles. The predicted molar refractivity (Wildman–Crippen MR) is 80.3 cm³/mol. The number of hydrazine groups is 1. The van der Waals surface area contributed by atoms with Crippen molar-refractivity contribution in [2.24, 2.45) is 11.3 Å². The molecule has 0 aliphatic carbocycles. The van der Waals surface area contributed by atoms with E-state index in [4.69, 9.17) is 5.84 Å². The molecule has 6 nitrogen and oxygen atoms in total. The average Bonchev–Trinajstić information content (AvgIpc) is 2.34. The Morgan fingerprint density at radius 3 is 2.50 bits per heavy atom. The van der Waals surface area contributed by atoms with Crippen LogP contribution in [0.5, 0.6) is 0 Å². The number of hydrogen-bond donors (Lipinski definition) is 2. The van der Waals surface area contributed by atoms with Crippen molar-refractivity contribution >= 4 is 11.6 Å². The van der Waals surface area contributed by atoms with Crippen molar-refractivity contribution in [1.82, 2.24) is 14.9 Å². The van der Waals surface area contributed by atoms with Gasteiger partial charge in [0.25, 0.3) is 5.91 Å². The second kappa shape index (κ2) is 6.17. The van der Waals surface area contributed by atoms with Crippen LogP contribution in [0.2, 0.25) is 0 Å². The zero-order valence-corrected chi connectivity index (χ0v) is 13.2. The maximum Gasteiger partial charge on any atom is 0.274 e. The summed E-state index contributed by atoms with van der Waals surface area (Å²) in [4.78, 5) is 22.7.